The predicted molar refractivity (Wildman–Crippen MR) is 137 cm³/mol. The maximum absolute atomic E-state index is 14.0. The number of nitrogens with one attached hydrogen (secondary N) is 3. The van der Waals surface area contributed by atoms with Crippen LogP contribution in [0.2, 0.25) is 0 Å². The summed E-state index contributed by atoms with van der Waals surface area (Å²) in [5.74, 6) is -3.91. The second-order valence-corrected chi connectivity index (χ2v) is 10.2. The van der Waals surface area contributed by atoms with E-state index in [2.05, 4.69) is 15.6 Å². The lowest BCUT2D eigenvalue weighted by molar-refractivity contribution is -0.137. The second-order valence-electron chi connectivity index (χ2n) is 10.2. The number of rotatable bonds is 3. The second kappa shape index (κ2) is 8.03. The summed E-state index contributed by atoms with van der Waals surface area (Å²) in [4.78, 5) is 45.7. The molecule has 2 saturated heterocycles. The van der Waals surface area contributed by atoms with E-state index in [-0.39, 0.29) is 5.69 Å². The molecular formula is C29H21F3N4O3. The Morgan fingerprint density at radius 3 is 2.49 bits per heavy atom. The van der Waals surface area contributed by atoms with Crippen molar-refractivity contribution in [3.8, 4) is 0 Å². The standard InChI is InChI=1S/C29H21F3N4O3/c30-29(31,32)16-6-5-7-17(13-16)36-25(37)23-22(12-15-14-33-20-10-3-1-8-18(15)20)35-28(24(23)26(36)38)19-9-2-4-11-21(19)34-27(28)39/h1-11,13-14,22-24,33,35H,12H2,(H,34,39)/t22-,23+,24-,28-/m0/s1. The molecule has 3 aromatic carbocycles. The molecule has 4 atom stereocenters. The smallest absolute Gasteiger partial charge is 0.361 e. The summed E-state index contributed by atoms with van der Waals surface area (Å²) in [6.07, 6.45) is -2.50. The van der Waals surface area contributed by atoms with Gasteiger partial charge in [-0.25, -0.2) is 4.90 Å². The van der Waals surface area contributed by atoms with Crippen LogP contribution in [0.4, 0.5) is 24.5 Å². The first-order chi connectivity index (χ1) is 18.7. The number of benzene rings is 3. The molecule has 0 aliphatic carbocycles. The number of aromatic nitrogens is 1. The highest BCUT2D eigenvalue weighted by molar-refractivity contribution is 6.25. The molecule has 0 unspecified atom stereocenters. The van der Waals surface area contributed by atoms with E-state index in [4.69, 9.17) is 0 Å². The number of nitrogens with zero attached hydrogens (tertiary/aromatic N) is 1. The molecule has 3 amide bonds. The van der Waals surface area contributed by atoms with Crippen LogP contribution in [-0.2, 0) is 32.5 Å². The van der Waals surface area contributed by atoms with Crippen LogP contribution in [0.25, 0.3) is 10.9 Å². The van der Waals surface area contributed by atoms with E-state index in [9.17, 15) is 27.6 Å². The Balaban J connectivity index is 1.37. The zero-order valence-corrected chi connectivity index (χ0v) is 20.3. The maximum atomic E-state index is 14.0. The molecule has 7 nitrogen and oxygen atoms in total. The highest BCUT2D eigenvalue weighted by Crippen LogP contribution is 2.54. The molecule has 4 heterocycles. The minimum absolute atomic E-state index is 0.165. The molecule has 2 fully saturated rings. The van der Waals surface area contributed by atoms with Gasteiger partial charge in [0.1, 0.15) is 5.54 Å². The third-order valence-electron chi connectivity index (χ3n) is 8.17. The van der Waals surface area contributed by atoms with Gasteiger partial charge in [-0.1, -0.05) is 42.5 Å². The number of carbonyl (C=O) groups excluding carboxylic acids is 3. The fourth-order valence-electron chi connectivity index (χ4n) is 6.55. The van der Waals surface area contributed by atoms with Crippen molar-refractivity contribution < 1.29 is 27.6 Å². The van der Waals surface area contributed by atoms with Gasteiger partial charge >= 0.3 is 6.18 Å². The molecule has 39 heavy (non-hydrogen) atoms. The van der Waals surface area contributed by atoms with Gasteiger partial charge in [-0.2, -0.15) is 13.2 Å². The van der Waals surface area contributed by atoms with Crippen LogP contribution in [0.3, 0.4) is 0 Å². The van der Waals surface area contributed by atoms with Gasteiger partial charge in [0.05, 0.1) is 23.1 Å². The van der Waals surface area contributed by atoms with Crippen LogP contribution in [0.5, 0.6) is 0 Å². The van der Waals surface area contributed by atoms with Crippen LogP contribution in [0.1, 0.15) is 16.7 Å². The van der Waals surface area contributed by atoms with Crippen molar-refractivity contribution in [1.82, 2.24) is 10.3 Å². The van der Waals surface area contributed by atoms with E-state index in [1.807, 2.05) is 30.5 Å². The zero-order valence-electron chi connectivity index (χ0n) is 20.3. The van der Waals surface area contributed by atoms with Crippen LogP contribution in [0, 0.1) is 11.8 Å². The minimum Gasteiger partial charge on any atom is -0.361 e. The number of halogens is 3. The number of imide groups is 1. The Labute approximate surface area is 220 Å². The number of anilines is 2. The third kappa shape index (κ3) is 3.24. The first kappa shape index (κ1) is 23.7. The topological polar surface area (TPSA) is 94.3 Å². The van der Waals surface area contributed by atoms with Crippen molar-refractivity contribution in [1.29, 1.82) is 0 Å². The number of hydrogen-bond acceptors (Lipinski definition) is 4. The van der Waals surface area contributed by atoms with Gasteiger partial charge in [0.2, 0.25) is 17.7 Å². The van der Waals surface area contributed by atoms with E-state index < -0.39 is 52.9 Å². The van der Waals surface area contributed by atoms with Crippen LogP contribution in [0.15, 0.2) is 79.0 Å². The molecule has 7 rings (SSSR count). The van der Waals surface area contributed by atoms with Gasteiger partial charge in [0.25, 0.3) is 0 Å². The molecule has 10 heteroatoms. The number of carbonyl (C=O) groups is 3. The molecule has 3 aliphatic heterocycles. The number of H-pyrrole nitrogens is 1. The molecular weight excluding hydrogens is 509 g/mol. The predicted octanol–water partition coefficient (Wildman–Crippen LogP) is 4.35. The van der Waals surface area contributed by atoms with Gasteiger partial charge in [-0.3, -0.25) is 19.7 Å². The van der Waals surface area contributed by atoms with Crippen molar-refractivity contribution in [2.75, 3.05) is 10.2 Å². The summed E-state index contributed by atoms with van der Waals surface area (Å²) in [6, 6.07) is 18.1. The number of para-hydroxylation sites is 2. The van der Waals surface area contributed by atoms with Gasteiger partial charge in [-0.05, 0) is 42.3 Å². The van der Waals surface area contributed by atoms with Crippen molar-refractivity contribution in [3.05, 3.63) is 95.7 Å². The van der Waals surface area contributed by atoms with E-state index in [1.54, 1.807) is 24.3 Å². The van der Waals surface area contributed by atoms with E-state index in [0.717, 1.165) is 33.5 Å². The highest BCUT2D eigenvalue weighted by atomic mass is 19.4. The van der Waals surface area contributed by atoms with Gasteiger partial charge < -0.3 is 10.3 Å². The Kier molecular flexibility index (Phi) is 4.87. The fourth-order valence-corrected chi connectivity index (χ4v) is 6.55. The average Bonchev–Trinajstić information content (AvgIpc) is 3.62. The molecule has 0 bridgehead atoms. The molecule has 0 saturated carbocycles. The van der Waals surface area contributed by atoms with Crippen molar-refractivity contribution in [2.24, 2.45) is 11.8 Å². The molecule has 0 radical (unpaired) electrons. The number of fused-ring (bicyclic) bond motifs is 5. The lowest BCUT2D eigenvalue weighted by Crippen LogP contribution is -2.53. The number of alkyl halides is 3. The summed E-state index contributed by atoms with van der Waals surface area (Å²) in [7, 11) is 0. The SMILES string of the molecule is O=C1[C@@H]2[C@H](Cc3c[nH]c4ccccc34)N[C@]3(C(=O)Nc4ccccc43)[C@@H]2C(=O)N1c1cccc(C(F)(F)F)c1. The summed E-state index contributed by atoms with van der Waals surface area (Å²) >= 11 is 0. The van der Waals surface area contributed by atoms with Crippen molar-refractivity contribution in [3.63, 3.8) is 0 Å². The summed E-state index contributed by atoms with van der Waals surface area (Å²) in [5.41, 5.74) is 0.189. The molecule has 4 aromatic rings. The molecule has 196 valence electrons. The van der Waals surface area contributed by atoms with Crippen LogP contribution >= 0.6 is 0 Å². The molecule has 1 spiro atoms. The Morgan fingerprint density at radius 2 is 1.67 bits per heavy atom. The minimum atomic E-state index is -4.65. The third-order valence-corrected chi connectivity index (χ3v) is 8.17. The Bertz CT molecular complexity index is 1700. The van der Waals surface area contributed by atoms with Crippen LogP contribution in [-0.4, -0.2) is 28.7 Å². The number of amides is 3. The normalized spacial score (nSPS) is 26.0. The number of hydrogen-bond donors (Lipinski definition) is 3. The Hall–Kier alpha value is -4.44. The molecule has 1 aromatic heterocycles. The average molecular weight is 531 g/mol. The first-order valence-electron chi connectivity index (χ1n) is 12.5. The van der Waals surface area contributed by atoms with Gasteiger partial charge in [0, 0.05) is 34.4 Å². The van der Waals surface area contributed by atoms with Gasteiger partial charge in [-0.15, -0.1) is 0 Å². The summed E-state index contributed by atoms with van der Waals surface area (Å²) in [6.45, 7) is 0. The maximum Gasteiger partial charge on any atom is 0.416 e. The lowest BCUT2D eigenvalue weighted by atomic mass is 9.76. The van der Waals surface area contributed by atoms with Crippen molar-refractivity contribution >= 4 is 40.0 Å². The van der Waals surface area contributed by atoms with E-state index in [1.165, 1.54) is 12.1 Å². The zero-order chi connectivity index (χ0) is 27.1. The summed E-state index contributed by atoms with van der Waals surface area (Å²) < 4.78 is 40.5. The lowest BCUT2D eigenvalue weighted by Gasteiger charge is -2.29. The largest absolute Gasteiger partial charge is 0.416 e. The highest BCUT2D eigenvalue weighted by Gasteiger charge is 2.70. The summed E-state index contributed by atoms with van der Waals surface area (Å²) in [5, 5.41) is 7.15. The molecule has 3 N–H and O–H groups in total. The van der Waals surface area contributed by atoms with E-state index >= 15 is 0 Å². The van der Waals surface area contributed by atoms with Crippen LogP contribution < -0.4 is 15.5 Å². The Morgan fingerprint density at radius 1 is 0.897 bits per heavy atom. The van der Waals surface area contributed by atoms with Crippen molar-refractivity contribution in [2.45, 2.75) is 24.2 Å². The number of aromatic amines is 1. The van der Waals surface area contributed by atoms with Gasteiger partial charge in [0.15, 0.2) is 0 Å². The first-order valence-corrected chi connectivity index (χ1v) is 12.5. The molecule has 3 aliphatic rings. The fraction of sp³-hybridized carbons (Fsp3) is 0.207. The van der Waals surface area contributed by atoms with E-state index in [0.29, 0.717) is 17.7 Å². The quantitative estimate of drug-likeness (QED) is 0.343. The monoisotopic (exact) mass is 530 g/mol.